The number of H-pyrrole nitrogens is 1. The van der Waals surface area contributed by atoms with E-state index in [9.17, 15) is 19.5 Å². The van der Waals surface area contributed by atoms with Crippen LogP contribution in [0.4, 0.5) is 4.79 Å². The van der Waals surface area contributed by atoms with Gasteiger partial charge in [-0.05, 0) is 81.4 Å². The second-order valence-electron chi connectivity index (χ2n) is 13.7. The topological polar surface area (TPSA) is 105 Å². The lowest BCUT2D eigenvalue weighted by atomic mass is 9.82. The molecule has 3 aromatic carbocycles. The second kappa shape index (κ2) is 13.7. The maximum atomic E-state index is 14.6. The van der Waals surface area contributed by atoms with Crippen LogP contribution in [-0.2, 0) is 11.2 Å². The Balaban J connectivity index is 1.20. The van der Waals surface area contributed by atoms with Gasteiger partial charge in [0.15, 0.2) is 0 Å². The van der Waals surface area contributed by atoms with E-state index in [0.29, 0.717) is 48.4 Å². The molecule has 3 aliphatic rings. The van der Waals surface area contributed by atoms with Gasteiger partial charge in [-0.1, -0.05) is 59.6 Å². The third-order valence-corrected chi connectivity index (χ3v) is 11.6. The first kappa shape index (κ1) is 33.0. The molecule has 2 N–H and O–H groups in total. The summed E-state index contributed by atoms with van der Waals surface area (Å²) in [5.41, 5.74) is 2.13. The Morgan fingerprint density at radius 3 is 2.35 bits per heavy atom. The Bertz CT molecular complexity index is 1880. The average Bonchev–Trinajstić information content (AvgIpc) is 3.44. The molecular formula is C36H42Cl2N6O4. The van der Waals surface area contributed by atoms with E-state index in [0.717, 1.165) is 66.4 Å². The second-order valence-corrected chi connectivity index (χ2v) is 14.5. The molecule has 0 radical (unpaired) electrons. The van der Waals surface area contributed by atoms with E-state index in [-0.39, 0.29) is 24.2 Å². The zero-order valence-electron chi connectivity index (χ0n) is 27.2. The van der Waals surface area contributed by atoms with Crippen molar-refractivity contribution in [3.63, 3.8) is 0 Å². The van der Waals surface area contributed by atoms with E-state index in [1.807, 2.05) is 47.4 Å². The Hall–Kier alpha value is -3.57. The predicted octanol–water partition coefficient (Wildman–Crippen LogP) is 5.57. The number of likely N-dealkylation sites (tertiary alicyclic amines) is 2. The van der Waals surface area contributed by atoms with Crippen molar-refractivity contribution >= 4 is 57.0 Å². The molecule has 0 saturated carbocycles. The lowest BCUT2D eigenvalue weighted by Gasteiger charge is -2.45. The van der Waals surface area contributed by atoms with Gasteiger partial charge in [-0.3, -0.25) is 14.3 Å². The van der Waals surface area contributed by atoms with Gasteiger partial charge in [0.05, 0.1) is 27.0 Å². The smallest absolute Gasteiger partial charge is 0.407 e. The summed E-state index contributed by atoms with van der Waals surface area (Å²) in [5.74, 6) is -0.726. The van der Waals surface area contributed by atoms with Crippen molar-refractivity contribution < 1.29 is 14.7 Å². The molecule has 0 bridgehead atoms. The van der Waals surface area contributed by atoms with Crippen LogP contribution in [0.1, 0.15) is 37.3 Å². The maximum Gasteiger partial charge on any atom is 0.407 e. The number of rotatable bonds is 6. The van der Waals surface area contributed by atoms with Crippen LogP contribution < -0.4 is 5.69 Å². The van der Waals surface area contributed by atoms with Crippen molar-refractivity contribution in [2.45, 2.75) is 50.2 Å². The Labute approximate surface area is 289 Å². The monoisotopic (exact) mass is 692 g/mol. The quantitative estimate of drug-likeness (QED) is 0.274. The summed E-state index contributed by atoms with van der Waals surface area (Å²) in [4.78, 5) is 52.2. The fourth-order valence-corrected chi connectivity index (χ4v) is 8.59. The molecule has 12 heteroatoms. The van der Waals surface area contributed by atoms with Gasteiger partial charge >= 0.3 is 11.8 Å². The van der Waals surface area contributed by atoms with Gasteiger partial charge < -0.3 is 24.8 Å². The number of nitrogens with one attached hydrogen (secondary N) is 1. The van der Waals surface area contributed by atoms with Crippen molar-refractivity contribution in [1.29, 1.82) is 0 Å². The van der Waals surface area contributed by atoms with E-state index in [2.05, 4.69) is 21.8 Å². The summed E-state index contributed by atoms with van der Waals surface area (Å²) < 4.78 is 1.77. The van der Waals surface area contributed by atoms with E-state index >= 15 is 0 Å². The number of nitrogens with zero attached hydrogens (tertiary/aromatic N) is 5. The number of carbonyl (C=O) groups is 2. The van der Waals surface area contributed by atoms with E-state index in [4.69, 9.17) is 23.2 Å². The minimum atomic E-state index is -1.06. The Morgan fingerprint density at radius 2 is 1.62 bits per heavy atom. The van der Waals surface area contributed by atoms with Crippen molar-refractivity contribution in [2.75, 3.05) is 52.9 Å². The number of hydrogen-bond acceptors (Lipinski definition) is 5. The van der Waals surface area contributed by atoms with Gasteiger partial charge in [0.2, 0.25) is 5.91 Å². The lowest BCUT2D eigenvalue weighted by molar-refractivity contribution is -0.140. The van der Waals surface area contributed by atoms with Crippen LogP contribution >= 0.6 is 23.2 Å². The van der Waals surface area contributed by atoms with Crippen molar-refractivity contribution in [2.24, 2.45) is 5.92 Å². The molecule has 10 nitrogen and oxygen atoms in total. The Kier molecular flexibility index (Phi) is 9.43. The molecule has 3 aliphatic heterocycles. The van der Waals surface area contributed by atoms with Crippen molar-refractivity contribution in [1.82, 2.24) is 29.2 Å². The van der Waals surface area contributed by atoms with Crippen LogP contribution in [0.2, 0.25) is 10.0 Å². The summed E-state index contributed by atoms with van der Waals surface area (Å²) in [6.07, 6.45) is 2.30. The van der Waals surface area contributed by atoms with Crippen LogP contribution in [0.15, 0.2) is 59.4 Å². The highest BCUT2D eigenvalue weighted by atomic mass is 35.5. The number of amides is 2. The third-order valence-electron chi connectivity index (χ3n) is 10.9. The number of aromatic nitrogens is 2. The molecule has 2 amide bonds. The number of benzene rings is 3. The molecule has 7 rings (SSSR count). The molecule has 0 spiro atoms. The van der Waals surface area contributed by atoms with Gasteiger partial charge in [0, 0.05) is 56.2 Å². The van der Waals surface area contributed by atoms with Crippen molar-refractivity contribution in [3.8, 4) is 0 Å². The van der Waals surface area contributed by atoms with E-state index in [1.165, 1.54) is 4.90 Å². The average molecular weight is 694 g/mol. The highest BCUT2D eigenvalue weighted by Gasteiger charge is 2.43. The van der Waals surface area contributed by atoms with Gasteiger partial charge in [-0.25, -0.2) is 9.59 Å². The molecule has 4 heterocycles. The molecule has 3 atom stereocenters. The number of hydrogen-bond donors (Lipinski definition) is 2. The van der Waals surface area contributed by atoms with Crippen LogP contribution in [0.5, 0.6) is 0 Å². The number of piperazine rings is 1. The molecule has 254 valence electrons. The number of aromatic amines is 1. The zero-order valence-corrected chi connectivity index (χ0v) is 28.7. The maximum absolute atomic E-state index is 14.6. The molecule has 3 fully saturated rings. The van der Waals surface area contributed by atoms with Gasteiger partial charge in [-0.2, -0.15) is 0 Å². The number of halogens is 2. The van der Waals surface area contributed by atoms with Crippen LogP contribution in [0.3, 0.4) is 0 Å². The van der Waals surface area contributed by atoms with E-state index < -0.39 is 18.1 Å². The molecule has 3 saturated heterocycles. The highest BCUT2D eigenvalue weighted by Crippen LogP contribution is 2.36. The number of fused-ring (bicyclic) bond motifs is 3. The summed E-state index contributed by atoms with van der Waals surface area (Å²) in [5, 5.41) is 13.2. The van der Waals surface area contributed by atoms with Crippen LogP contribution in [0.25, 0.3) is 21.8 Å². The van der Waals surface area contributed by atoms with E-state index in [1.54, 1.807) is 16.7 Å². The zero-order chi connectivity index (χ0) is 33.5. The van der Waals surface area contributed by atoms with Crippen LogP contribution in [-0.4, -0.2) is 111 Å². The fraction of sp³-hybridized carbons (Fsp3) is 0.472. The molecular weight excluding hydrogens is 651 g/mol. The highest BCUT2D eigenvalue weighted by molar-refractivity contribution is 6.42. The minimum absolute atomic E-state index is 0.0572. The number of carbonyl (C=O) groups excluding carboxylic acids is 1. The predicted molar refractivity (Wildman–Crippen MR) is 189 cm³/mol. The van der Waals surface area contributed by atoms with Gasteiger partial charge in [0.1, 0.15) is 0 Å². The first-order chi connectivity index (χ1) is 23.2. The van der Waals surface area contributed by atoms with Gasteiger partial charge in [-0.15, -0.1) is 0 Å². The number of carboxylic acid groups (broad SMARTS) is 1. The SMILES string of the molecule is CN1CCC(N2CCN(C(=O)C(Cc3ccc(Cl)c(Cl)c3)[C@H]3CC(n4c(=O)[nH]c5c6ccccc6ccc54)CCN3C(=O)O)CC2)CC1. The minimum Gasteiger partial charge on any atom is -0.465 e. The largest absolute Gasteiger partial charge is 0.465 e. The first-order valence-electron chi connectivity index (χ1n) is 16.9. The molecule has 48 heavy (non-hydrogen) atoms. The summed E-state index contributed by atoms with van der Waals surface area (Å²) in [7, 11) is 2.16. The van der Waals surface area contributed by atoms with Gasteiger partial charge in [0.25, 0.3) is 0 Å². The molecule has 4 aromatic rings. The van der Waals surface area contributed by atoms with Crippen LogP contribution in [0, 0.1) is 5.92 Å². The lowest BCUT2D eigenvalue weighted by Crippen LogP contribution is -2.58. The fourth-order valence-electron chi connectivity index (χ4n) is 8.27. The number of piperidine rings is 2. The first-order valence-corrected chi connectivity index (χ1v) is 17.7. The molecule has 2 unspecified atom stereocenters. The summed E-state index contributed by atoms with van der Waals surface area (Å²) in [6, 6.07) is 16.8. The number of imidazole rings is 1. The summed E-state index contributed by atoms with van der Waals surface area (Å²) >= 11 is 12.7. The molecule has 1 aromatic heterocycles. The summed E-state index contributed by atoms with van der Waals surface area (Å²) in [6.45, 7) is 5.18. The third kappa shape index (κ3) is 6.43. The Morgan fingerprint density at radius 1 is 0.896 bits per heavy atom. The van der Waals surface area contributed by atoms with Crippen molar-refractivity contribution in [3.05, 3.63) is 80.7 Å². The normalized spacial score (nSPS) is 22.4. The molecule has 0 aliphatic carbocycles. The standard InChI is InChI=1S/C36H42Cl2N6O4/c1-40-13-10-25(11-14-40)41-16-18-42(19-17-41)34(45)28(20-23-6-8-29(37)30(38)21-23)32-22-26(12-15-43(32)36(47)48)44-31-9-7-24-4-2-3-5-27(24)33(31)39-35(44)46/h2-9,21,25-26,28,32H,10-20,22H2,1H3,(H,39,46)(H,47,48)/t26?,28?,32-/m1/s1.